The first-order valence-electron chi connectivity index (χ1n) is 7.79. The first-order chi connectivity index (χ1) is 13.2. The third-order valence-electron chi connectivity index (χ3n) is 3.63. The topological polar surface area (TPSA) is 77.8 Å². The van der Waals surface area contributed by atoms with Crippen LogP contribution in [0.15, 0.2) is 60.7 Å². The molecule has 0 saturated heterocycles. The molecule has 0 amide bonds. The number of halogens is 4. The van der Waals surface area contributed by atoms with E-state index in [-0.39, 0.29) is 11.0 Å². The highest BCUT2D eigenvalue weighted by Gasteiger charge is 2.12. The molecule has 3 aromatic rings. The van der Waals surface area contributed by atoms with Gasteiger partial charge in [-0.3, -0.25) is 0 Å². The Morgan fingerprint density at radius 3 is 1.64 bits per heavy atom. The van der Waals surface area contributed by atoms with Crippen molar-refractivity contribution in [3.05, 3.63) is 89.5 Å². The van der Waals surface area contributed by atoms with E-state index in [4.69, 9.17) is 15.2 Å². The molecule has 0 aliphatic carbocycles. The Hall–Kier alpha value is -3.17. The minimum atomic E-state index is -1.76. The van der Waals surface area contributed by atoms with Crippen LogP contribution in [0.1, 0.15) is 10.4 Å². The molecule has 0 heterocycles. The summed E-state index contributed by atoms with van der Waals surface area (Å²) in [6.45, 7) is 0. The summed E-state index contributed by atoms with van der Waals surface area (Å²) in [5.41, 5.74) is 1.22. The standard InChI is InChI=1S/C13H8F2O2.C6H5BF2O2/c14-11-6-5-10(7-12(11)15)8-1-3-9(4-2-8)13(16)17;8-5-2-1-4(7(10)11)3-6(5)9/h1-7H,(H,16,17);1-3,10-11H. The molecule has 3 rings (SSSR count). The van der Waals surface area contributed by atoms with Gasteiger partial charge in [0.05, 0.1) is 5.56 Å². The number of carboxylic acid groups (broad SMARTS) is 1. The van der Waals surface area contributed by atoms with Crippen LogP contribution in [0.3, 0.4) is 0 Å². The Labute approximate surface area is 157 Å². The van der Waals surface area contributed by atoms with Crippen LogP contribution in [0.5, 0.6) is 0 Å². The van der Waals surface area contributed by atoms with E-state index < -0.39 is 36.4 Å². The van der Waals surface area contributed by atoms with Crippen LogP contribution in [0, 0.1) is 23.3 Å². The van der Waals surface area contributed by atoms with Gasteiger partial charge in [0.15, 0.2) is 23.3 Å². The Balaban J connectivity index is 0.000000221. The van der Waals surface area contributed by atoms with Crippen molar-refractivity contribution in [1.82, 2.24) is 0 Å². The Bertz CT molecular complexity index is 978. The molecule has 28 heavy (non-hydrogen) atoms. The molecule has 0 aliphatic heterocycles. The summed E-state index contributed by atoms with van der Waals surface area (Å²) in [5, 5.41) is 25.7. The maximum absolute atomic E-state index is 13.0. The summed E-state index contributed by atoms with van der Waals surface area (Å²) in [6.07, 6.45) is 0. The summed E-state index contributed by atoms with van der Waals surface area (Å²) >= 11 is 0. The minimum Gasteiger partial charge on any atom is -0.478 e. The van der Waals surface area contributed by atoms with Crippen LogP contribution in [0.4, 0.5) is 17.6 Å². The quantitative estimate of drug-likeness (QED) is 0.473. The lowest BCUT2D eigenvalue weighted by Gasteiger charge is -2.03. The van der Waals surface area contributed by atoms with Crippen molar-refractivity contribution in [2.24, 2.45) is 0 Å². The average molecular weight is 392 g/mol. The molecule has 0 aliphatic rings. The SMILES string of the molecule is O=C(O)c1ccc(-c2ccc(F)c(F)c2)cc1.OB(O)c1ccc(F)c(F)c1. The van der Waals surface area contributed by atoms with Gasteiger partial charge >= 0.3 is 13.1 Å². The van der Waals surface area contributed by atoms with Crippen molar-refractivity contribution in [3.8, 4) is 11.1 Å². The Kier molecular flexibility index (Phi) is 6.92. The molecule has 0 aromatic heterocycles. The second-order valence-corrected chi connectivity index (χ2v) is 5.56. The Morgan fingerprint density at radius 1 is 0.679 bits per heavy atom. The third kappa shape index (κ3) is 5.42. The van der Waals surface area contributed by atoms with Gasteiger partial charge in [0.1, 0.15) is 0 Å². The molecule has 144 valence electrons. The summed E-state index contributed by atoms with van der Waals surface area (Å²) in [5.74, 6) is -4.95. The van der Waals surface area contributed by atoms with Crippen molar-refractivity contribution in [2.45, 2.75) is 0 Å². The molecule has 0 spiro atoms. The van der Waals surface area contributed by atoms with E-state index in [0.717, 1.165) is 30.3 Å². The van der Waals surface area contributed by atoms with E-state index in [9.17, 15) is 22.4 Å². The summed E-state index contributed by atoms with van der Waals surface area (Å²) in [7, 11) is -1.76. The van der Waals surface area contributed by atoms with Crippen LogP contribution in [0.2, 0.25) is 0 Å². The predicted molar refractivity (Wildman–Crippen MR) is 94.9 cm³/mol. The monoisotopic (exact) mass is 392 g/mol. The number of hydrogen-bond donors (Lipinski definition) is 3. The van der Waals surface area contributed by atoms with Gasteiger partial charge in [0, 0.05) is 0 Å². The van der Waals surface area contributed by atoms with E-state index in [1.165, 1.54) is 18.2 Å². The van der Waals surface area contributed by atoms with Gasteiger partial charge in [-0.2, -0.15) is 0 Å². The third-order valence-corrected chi connectivity index (χ3v) is 3.63. The highest BCUT2D eigenvalue weighted by Crippen LogP contribution is 2.21. The van der Waals surface area contributed by atoms with Gasteiger partial charge in [-0.1, -0.05) is 24.3 Å². The van der Waals surface area contributed by atoms with Crippen molar-refractivity contribution in [2.75, 3.05) is 0 Å². The maximum Gasteiger partial charge on any atom is 0.488 e. The van der Waals surface area contributed by atoms with Gasteiger partial charge in [-0.05, 0) is 53.0 Å². The smallest absolute Gasteiger partial charge is 0.478 e. The Morgan fingerprint density at radius 2 is 1.18 bits per heavy atom. The van der Waals surface area contributed by atoms with Gasteiger partial charge in [0.25, 0.3) is 0 Å². The zero-order valence-electron chi connectivity index (χ0n) is 14.1. The fraction of sp³-hybridized carbons (Fsp3) is 0. The fourth-order valence-corrected chi connectivity index (χ4v) is 2.15. The molecular formula is C19H13BF4O4. The van der Waals surface area contributed by atoms with Crippen LogP contribution >= 0.6 is 0 Å². The van der Waals surface area contributed by atoms with Crippen LogP contribution in [0.25, 0.3) is 11.1 Å². The number of aromatic carboxylic acids is 1. The molecule has 3 aromatic carbocycles. The van der Waals surface area contributed by atoms with Crippen molar-refractivity contribution in [3.63, 3.8) is 0 Å². The van der Waals surface area contributed by atoms with Crippen LogP contribution in [-0.2, 0) is 0 Å². The molecule has 0 fully saturated rings. The minimum absolute atomic E-state index is 0.0658. The van der Waals surface area contributed by atoms with E-state index >= 15 is 0 Å². The summed E-state index contributed by atoms with van der Waals surface area (Å²) in [4.78, 5) is 10.6. The molecule has 4 nitrogen and oxygen atoms in total. The fourth-order valence-electron chi connectivity index (χ4n) is 2.15. The number of carboxylic acids is 1. The van der Waals surface area contributed by atoms with E-state index in [1.807, 2.05) is 0 Å². The molecule has 0 saturated carbocycles. The summed E-state index contributed by atoms with van der Waals surface area (Å²) < 4.78 is 50.3. The zero-order chi connectivity index (χ0) is 20.8. The largest absolute Gasteiger partial charge is 0.488 e. The van der Waals surface area contributed by atoms with Gasteiger partial charge in [0.2, 0.25) is 0 Å². The normalized spacial score (nSPS) is 10.1. The van der Waals surface area contributed by atoms with Gasteiger partial charge < -0.3 is 15.2 Å². The van der Waals surface area contributed by atoms with Crippen molar-refractivity contribution in [1.29, 1.82) is 0 Å². The highest BCUT2D eigenvalue weighted by molar-refractivity contribution is 6.58. The molecule has 9 heteroatoms. The number of carbonyl (C=O) groups is 1. The maximum atomic E-state index is 13.0. The molecule has 0 radical (unpaired) electrons. The second kappa shape index (κ2) is 9.16. The van der Waals surface area contributed by atoms with Crippen LogP contribution in [-0.4, -0.2) is 28.2 Å². The van der Waals surface area contributed by atoms with Gasteiger partial charge in [-0.15, -0.1) is 0 Å². The van der Waals surface area contributed by atoms with Gasteiger partial charge in [-0.25, -0.2) is 22.4 Å². The van der Waals surface area contributed by atoms with E-state index in [1.54, 1.807) is 12.1 Å². The van der Waals surface area contributed by atoms with Crippen molar-refractivity contribution >= 4 is 18.6 Å². The number of benzene rings is 3. The molecule has 0 unspecified atom stereocenters. The predicted octanol–water partition coefficient (Wildman–Crippen LogP) is 2.97. The molecule has 0 bridgehead atoms. The molecule has 3 N–H and O–H groups in total. The highest BCUT2D eigenvalue weighted by atomic mass is 19.2. The lowest BCUT2D eigenvalue weighted by Crippen LogP contribution is -2.30. The second-order valence-electron chi connectivity index (χ2n) is 5.56. The lowest BCUT2D eigenvalue weighted by atomic mass is 9.80. The number of rotatable bonds is 3. The lowest BCUT2D eigenvalue weighted by molar-refractivity contribution is 0.0697. The summed E-state index contributed by atoms with van der Waals surface area (Å²) in [6, 6.07) is 12.2. The van der Waals surface area contributed by atoms with E-state index in [0.29, 0.717) is 11.1 Å². The van der Waals surface area contributed by atoms with Crippen LogP contribution < -0.4 is 5.46 Å². The average Bonchev–Trinajstić information content (AvgIpc) is 2.66. The first-order valence-corrected chi connectivity index (χ1v) is 7.79. The zero-order valence-corrected chi connectivity index (χ0v) is 14.1. The molecule has 0 atom stereocenters. The van der Waals surface area contributed by atoms with E-state index in [2.05, 4.69) is 0 Å². The number of hydrogen-bond acceptors (Lipinski definition) is 3. The first kappa shape index (κ1) is 21.1. The van der Waals surface area contributed by atoms with Crippen molar-refractivity contribution < 1.29 is 37.5 Å². The molecular weight excluding hydrogens is 379 g/mol.